The Morgan fingerprint density at radius 2 is 2.24 bits per heavy atom. The molecule has 29 heavy (non-hydrogen) atoms. The summed E-state index contributed by atoms with van der Waals surface area (Å²) in [5.74, 6) is 0.162. The number of likely N-dealkylation sites (tertiary alicyclic amines) is 1. The second-order valence-electron chi connectivity index (χ2n) is 8.78. The van der Waals surface area contributed by atoms with Crippen LogP contribution in [-0.2, 0) is 4.79 Å². The molecule has 8 heteroatoms. The van der Waals surface area contributed by atoms with E-state index in [2.05, 4.69) is 26.9 Å². The van der Waals surface area contributed by atoms with Gasteiger partial charge >= 0.3 is 0 Å². The number of halogens is 2. The minimum absolute atomic E-state index is 0.0297. The number of amides is 1. The summed E-state index contributed by atoms with van der Waals surface area (Å²) in [6, 6.07) is 6.10. The molecule has 0 bridgehead atoms. The molecule has 2 saturated heterocycles. The third-order valence-electron chi connectivity index (χ3n) is 6.56. The van der Waals surface area contributed by atoms with Crippen LogP contribution in [0.1, 0.15) is 36.6 Å². The highest BCUT2D eigenvalue weighted by atomic mass is 35.5. The van der Waals surface area contributed by atoms with Crippen molar-refractivity contribution >= 4 is 17.5 Å². The lowest BCUT2D eigenvalue weighted by Gasteiger charge is -2.43. The molecule has 4 atom stereocenters. The van der Waals surface area contributed by atoms with Gasteiger partial charge in [-0.05, 0) is 55.8 Å². The molecular weight excluding hydrogens is 393 g/mol. The van der Waals surface area contributed by atoms with Crippen molar-refractivity contribution in [3.8, 4) is 0 Å². The van der Waals surface area contributed by atoms with Crippen LogP contribution in [0.2, 0.25) is 5.02 Å². The first-order valence-electron chi connectivity index (χ1n) is 10.6. The summed E-state index contributed by atoms with van der Waals surface area (Å²) in [5.41, 5.74) is 6.39. The maximum Gasteiger partial charge on any atom is 0.257 e. The van der Waals surface area contributed by atoms with Gasteiger partial charge in [0.05, 0.1) is 12.3 Å². The second kappa shape index (κ2) is 8.47. The van der Waals surface area contributed by atoms with Gasteiger partial charge in [0.25, 0.3) is 5.91 Å². The zero-order chi connectivity index (χ0) is 20.6. The average molecular weight is 424 g/mol. The Balaban J connectivity index is 1.46. The minimum atomic E-state index is -1.63. The molecule has 2 aliphatic heterocycles. The van der Waals surface area contributed by atoms with E-state index < -0.39 is 11.6 Å². The molecule has 4 rings (SSSR count). The summed E-state index contributed by atoms with van der Waals surface area (Å²) in [4.78, 5) is 14.5. The Morgan fingerprint density at radius 3 is 2.90 bits per heavy atom. The van der Waals surface area contributed by atoms with E-state index in [1.807, 2.05) is 19.1 Å². The van der Waals surface area contributed by atoms with Crippen LogP contribution in [0.15, 0.2) is 18.2 Å². The minimum Gasteiger partial charge on any atom is -0.353 e. The molecule has 1 aromatic carbocycles. The van der Waals surface area contributed by atoms with Crippen LogP contribution in [0.25, 0.3) is 0 Å². The monoisotopic (exact) mass is 423 g/mol. The number of nitrogens with two attached hydrogens (primary N) is 1. The van der Waals surface area contributed by atoms with Gasteiger partial charge in [0.15, 0.2) is 5.67 Å². The van der Waals surface area contributed by atoms with E-state index in [-0.39, 0.29) is 18.2 Å². The van der Waals surface area contributed by atoms with E-state index in [0.717, 1.165) is 42.2 Å². The highest BCUT2D eigenvalue weighted by Gasteiger charge is 2.51. The van der Waals surface area contributed by atoms with Crippen LogP contribution >= 0.6 is 11.6 Å². The van der Waals surface area contributed by atoms with Crippen molar-refractivity contribution in [1.82, 2.24) is 20.9 Å². The number of benzene rings is 1. The quantitative estimate of drug-likeness (QED) is 0.559. The fourth-order valence-electron chi connectivity index (χ4n) is 4.36. The Kier molecular flexibility index (Phi) is 6.14. The molecule has 1 saturated carbocycles. The van der Waals surface area contributed by atoms with Gasteiger partial charge in [0.2, 0.25) is 0 Å². The number of hydrogen-bond acceptors (Lipinski definition) is 5. The normalized spacial score (nSPS) is 31.6. The fraction of sp³-hybridized carbons (Fsp3) is 0.667. The van der Waals surface area contributed by atoms with Crippen LogP contribution in [0, 0.1) is 18.8 Å². The Bertz CT molecular complexity index is 759. The van der Waals surface area contributed by atoms with Gasteiger partial charge in [-0.3, -0.25) is 20.3 Å². The van der Waals surface area contributed by atoms with Gasteiger partial charge < -0.3 is 11.1 Å². The maximum atomic E-state index is 14.0. The van der Waals surface area contributed by atoms with E-state index in [1.165, 1.54) is 0 Å². The number of rotatable bonds is 6. The van der Waals surface area contributed by atoms with Crippen LogP contribution < -0.4 is 21.7 Å². The predicted molar refractivity (Wildman–Crippen MR) is 112 cm³/mol. The molecule has 3 aliphatic rings. The van der Waals surface area contributed by atoms with Gasteiger partial charge in [0.1, 0.15) is 0 Å². The molecular formula is C21H31ClFN5O. The summed E-state index contributed by atoms with van der Waals surface area (Å²) in [7, 11) is 0. The van der Waals surface area contributed by atoms with E-state index in [9.17, 15) is 9.18 Å². The van der Waals surface area contributed by atoms with E-state index >= 15 is 0 Å². The first-order valence-corrected chi connectivity index (χ1v) is 10.9. The summed E-state index contributed by atoms with van der Waals surface area (Å²) < 4.78 is 14.0. The predicted octanol–water partition coefficient (Wildman–Crippen LogP) is 1.68. The number of alkyl halides is 1. The van der Waals surface area contributed by atoms with Crippen molar-refractivity contribution in [2.45, 2.75) is 44.2 Å². The zero-order valence-corrected chi connectivity index (χ0v) is 17.6. The summed E-state index contributed by atoms with van der Waals surface area (Å²) in [6.07, 6.45) is 1.80. The molecule has 1 aromatic rings. The van der Waals surface area contributed by atoms with E-state index in [4.69, 9.17) is 17.3 Å². The Morgan fingerprint density at radius 1 is 1.45 bits per heavy atom. The number of carbonyl (C=O) groups is 1. The van der Waals surface area contributed by atoms with E-state index in [1.54, 1.807) is 0 Å². The molecule has 0 aromatic heterocycles. The first kappa shape index (κ1) is 21.0. The number of nitrogens with zero attached hydrogens (tertiary/aromatic N) is 1. The highest BCUT2D eigenvalue weighted by Crippen LogP contribution is 2.39. The van der Waals surface area contributed by atoms with Crippen LogP contribution in [0.3, 0.4) is 0 Å². The molecule has 6 nitrogen and oxygen atoms in total. The zero-order valence-electron chi connectivity index (χ0n) is 16.9. The van der Waals surface area contributed by atoms with Crippen molar-refractivity contribution in [3.05, 3.63) is 34.3 Å². The second-order valence-corrected chi connectivity index (χ2v) is 9.19. The van der Waals surface area contributed by atoms with Crippen molar-refractivity contribution in [2.24, 2.45) is 17.6 Å². The maximum absolute atomic E-state index is 14.0. The molecule has 1 amide bonds. The van der Waals surface area contributed by atoms with Crippen molar-refractivity contribution < 1.29 is 9.18 Å². The molecule has 3 unspecified atom stereocenters. The van der Waals surface area contributed by atoms with Gasteiger partial charge in [-0.25, -0.2) is 4.39 Å². The number of nitrogens with one attached hydrogen (secondary N) is 3. The lowest BCUT2D eigenvalue weighted by atomic mass is 9.98. The summed E-state index contributed by atoms with van der Waals surface area (Å²) in [6.45, 7) is 5.75. The Hall–Kier alpha value is -1.25. The Labute approximate surface area is 176 Å². The molecule has 5 N–H and O–H groups in total. The molecule has 3 fully saturated rings. The van der Waals surface area contributed by atoms with Crippen molar-refractivity contribution in [1.29, 1.82) is 0 Å². The van der Waals surface area contributed by atoms with Crippen molar-refractivity contribution in [3.63, 3.8) is 0 Å². The first-order chi connectivity index (χ1) is 13.9. The van der Waals surface area contributed by atoms with E-state index in [0.29, 0.717) is 31.8 Å². The van der Waals surface area contributed by atoms with Crippen molar-refractivity contribution in [2.75, 3.05) is 32.7 Å². The summed E-state index contributed by atoms with van der Waals surface area (Å²) in [5, 5.41) is 10.8. The molecule has 0 radical (unpaired) electrons. The van der Waals surface area contributed by atoms with Gasteiger partial charge in [-0.15, -0.1) is 0 Å². The fourth-order valence-corrected chi connectivity index (χ4v) is 4.55. The highest BCUT2D eigenvalue weighted by molar-refractivity contribution is 6.31. The topological polar surface area (TPSA) is 82.4 Å². The van der Waals surface area contributed by atoms with Crippen LogP contribution in [0.4, 0.5) is 4.39 Å². The molecule has 1 aliphatic carbocycles. The number of carbonyl (C=O) groups excluding carboxylic acids is 1. The lowest BCUT2D eigenvalue weighted by Crippen LogP contribution is -2.62. The number of aryl methyl sites for hydroxylation is 1. The molecule has 0 spiro atoms. The largest absolute Gasteiger partial charge is 0.353 e. The third-order valence-corrected chi connectivity index (χ3v) is 6.97. The standard InChI is InChI=1S/C21H31ClFN5O/c1-13-2-3-15(8-17(13)22)18-25-10-16(11-26-20(29)21(23)5-6-21)19(27-18)28-7-4-14(9-24)12-28/h2-3,8,14,16,18-19,25,27H,4-7,9-12,24H2,1H3,(H,26,29)/t14-,16?,18?,19?/m0/s1. The van der Waals surface area contributed by atoms with Gasteiger partial charge in [-0.1, -0.05) is 23.7 Å². The van der Waals surface area contributed by atoms with Gasteiger partial charge in [-0.2, -0.15) is 0 Å². The lowest BCUT2D eigenvalue weighted by molar-refractivity contribution is -0.127. The SMILES string of the molecule is Cc1ccc(C2NCC(CNC(=O)C3(F)CC3)C(N3CC[C@@H](CN)C3)N2)cc1Cl. The number of hydrogen-bond donors (Lipinski definition) is 4. The van der Waals surface area contributed by atoms with Gasteiger partial charge in [0, 0.05) is 37.1 Å². The molecule has 160 valence electrons. The summed E-state index contributed by atoms with van der Waals surface area (Å²) >= 11 is 6.33. The molecule has 2 heterocycles. The smallest absolute Gasteiger partial charge is 0.257 e. The average Bonchev–Trinajstić information content (AvgIpc) is 3.30. The van der Waals surface area contributed by atoms with Crippen LogP contribution in [0.5, 0.6) is 0 Å². The van der Waals surface area contributed by atoms with Crippen LogP contribution in [-0.4, -0.2) is 55.4 Å². The third kappa shape index (κ3) is 4.59.